The molecule has 1 aromatic heterocycles. The molecule has 1 fully saturated rings. The number of halogens is 3. The van der Waals surface area contributed by atoms with Crippen LogP contribution in [0.15, 0.2) is 53.8 Å². The number of likely N-dealkylation sites (tertiary alicyclic amines) is 1. The first-order chi connectivity index (χ1) is 15.2. The zero-order valence-electron chi connectivity index (χ0n) is 17.9. The number of alkyl halides is 3. The lowest BCUT2D eigenvalue weighted by molar-refractivity contribution is -0.137. The van der Waals surface area contributed by atoms with Crippen molar-refractivity contribution in [1.82, 2.24) is 20.1 Å². The monoisotopic (exact) mass is 445 g/mol. The second kappa shape index (κ2) is 8.90. The second-order valence-corrected chi connectivity index (χ2v) is 8.38. The maximum Gasteiger partial charge on any atom is 0.417 e. The summed E-state index contributed by atoms with van der Waals surface area (Å²) in [4.78, 5) is 24.8. The third-order valence-electron chi connectivity index (χ3n) is 6.01. The Balaban J connectivity index is 1.35. The van der Waals surface area contributed by atoms with Gasteiger partial charge in [-0.15, -0.1) is 0 Å². The highest BCUT2D eigenvalue weighted by molar-refractivity contribution is 6.00. The van der Waals surface area contributed by atoms with Crippen molar-refractivity contribution in [3.05, 3.63) is 65.7 Å². The van der Waals surface area contributed by atoms with Gasteiger partial charge in [-0.1, -0.05) is 12.7 Å². The Hall–Kier alpha value is -2.94. The normalized spacial score (nSPS) is 21.9. The van der Waals surface area contributed by atoms with E-state index in [1.54, 1.807) is 16.0 Å². The summed E-state index contributed by atoms with van der Waals surface area (Å²) < 4.78 is 39.1. The quantitative estimate of drug-likeness (QED) is 0.772. The van der Waals surface area contributed by atoms with Gasteiger partial charge < -0.3 is 15.1 Å². The van der Waals surface area contributed by atoms with E-state index in [0.29, 0.717) is 37.3 Å². The fourth-order valence-corrected chi connectivity index (χ4v) is 4.22. The Morgan fingerprint density at radius 2 is 2.06 bits per heavy atom. The zero-order chi connectivity index (χ0) is 22.9. The number of urea groups is 1. The van der Waals surface area contributed by atoms with E-state index in [2.05, 4.69) is 21.9 Å². The lowest BCUT2D eigenvalue weighted by atomic mass is 10.0. The number of nitrogens with one attached hydrogen (secondary N) is 1. The van der Waals surface area contributed by atoms with Crippen LogP contribution < -0.4 is 5.32 Å². The topological polar surface area (TPSA) is 60.8 Å². The molecule has 0 aromatic carbocycles. The Morgan fingerprint density at radius 3 is 2.84 bits per heavy atom. The molecule has 2 unspecified atom stereocenters. The van der Waals surface area contributed by atoms with Crippen LogP contribution in [0.2, 0.25) is 0 Å². The van der Waals surface area contributed by atoms with Gasteiger partial charge in [-0.25, -0.2) is 4.79 Å². The van der Waals surface area contributed by atoms with Gasteiger partial charge in [-0.3, -0.25) is 9.98 Å². The molecule has 6 nitrogen and oxygen atoms in total. The van der Waals surface area contributed by atoms with E-state index in [1.807, 2.05) is 25.2 Å². The van der Waals surface area contributed by atoms with Crippen LogP contribution in [0.3, 0.4) is 0 Å². The summed E-state index contributed by atoms with van der Waals surface area (Å²) in [6.07, 6.45) is 5.11. The molecule has 32 heavy (non-hydrogen) atoms. The van der Waals surface area contributed by atoms with E-state index in [4.69, 9.17) is 0 Å². The molecule has 2 atom stereocenters. The number of amides is 2. The molecule has 1 aromatic rings. The van der Waals surface area contributed by atoms with Crippen LogP contribution in [0.25, 0.3) is 0 Å². The smallest absolute Gasteiger partial charge is 0.323 e. The van der Waals surface area contributed by atoms with Crippen molar-refractivity contribution in [1.29, 1.82) is 0 Å². The molecule has 1 N–H and O–H groups in total. The van der Waals surface area contributed by atoms with Gasteiger partial charge in [0, 0.05) is 62.8 Å². The number of carbonyl (C=O) groups is 1. The highest BCUT2D eigenvalue weighted by Gasteiger charge is 2.35. The predicted octanol–water partition coefficient (Wildman–Crippen LogP) is 3.71. The summed E-state index contributed by atoms with van der Waals surface area (Å²) in [6, 6.07) is 1.10. The van der Waals surface area contributed by atoms with Gasteiger partial charge in [-0.2, -0.15) is 13.2 Å². The molecule has 2 amide bonds. The maximum atomic E-state index is 13.0. The van der Waals surface area contributed by atoms with Crippen LogP contribution in [0.4, 0.5) is 18.0 Å². The van der Waals surface area contributed by atoms with E-state index in [0.717, 1.165) is 30.0 Å². The number of allylic oxidation sites excluding steroid dienone is 3. The number of aliphatic imine (C=N–C) groups is 1. The Labute approximate surface area is 185 Å². The summed E-state index contributed by atoms with van der Waals surface area (Å²) >= 11 is 0. The first kappa shape index (κ1) is 22.3. The molecular formula is C23H26F3N5O. The van der Waals surface area contributed by atoms with Gasteiger partial charge >= 0.3 is 12.2 Å². The van der Waals surface area contributed by atoms with Gasteiger partial charge in [0.15, 0.2) is 0 Å². The standard InChI is InChI=1S/C23H26F3N5O/c1-15-3-4-20(27-8-5-15)16(2)29-19-6-9-31(14-19)22(32)30-10-7-21-17(13-30)11-18(12-28-21)23(24,25)26/h3-5,8,11-12,16,19,29H,1,6-7,9-10,13-14H2,2H3. The Kier molecular flexibility index (Phi) is 6.19. The van der Waals surface area contributed by atoms with Crippen molar-refractivity contribution in [3.63, 3.8) is 0 Å². The first-order valence-electron chi connectivity index (χ1n) is 10.7. The second-order valence-electron chi connectivity index (χ2n) is 8.38. The summed E-state index contributed by atoms with van der Waals surface area (Å²) in [7, 11) is 0. The van der Waals surface area contributed by atoms with Crippen molar-refractivity contribution in [2.24, 2.45) is 4.99 Å². The molecule has 0 bridgehead atoms. The number of carbonyl (C=O) groups excluding carboxylic acids is 1. The molecule has 0 radical (unpaired) electrons. The van der Waals surface area contributed by atoms with Crippen LogP contribution in [0, 0.1) is 0 Å². The van der Waals surface area contributed by atoms with Crippen molar-refractivity contribution < 1.29 is 18.0 Å². The summed E-state index contributed by atoms with van der Waals surface area (Å²) in [5, 5.41) is 3.53. The number of hydrogen-bond acceptors (Lipinski definition) is 4. The van der Waals surface area contributed by atoms with Gasteiger partial charge in [-0.05, 0) is 42.7 Å². The van der Waals surface area contributed by atoms with Gasteiger partial charge in [0.2, 0.25) is 0 Å². The number of fused-ring (bicyclic) bond motifs is 1. The number of hydrogen-bond donors (Lipinski definition) is 1. The minimum atomic E-state index is -4.45. The van der Waals surface area contributed by atoms with Crippen LogP contribution in [0.5, 0.6) is 0 Å². The van der Waals surface area contributed by atoms with Crippen molar-refractivity contribution in [2.45, 2.75) is 44.6 Å². The zero-order valence-corrected chi connectivity index (χ0v) is 17.9. The number of rotatable bonds is 3. The third kappa shape index (κ3) is 4.93. The highest BCUT2D eigenvalue weighted by Crippen LogP contribution is 2.31. The van der Waals surface area contributed by atoms with Crippen LogP contribution in [-0.4, -0.2) is 58.2 Å². The lowest BCUT2D eigenvalue weighted by Crippen LogP contribution is -2.47. The molecule has 1 saturated heterocycles. The molecule has 3 aliphatic rings. The minimum Gasteiger partial charge on any atom is -0.323 e. The van der Waals surface area contributed by atoms with Crippen LogP contribution in [0.1, 0.15) is 30.2 Å². The van der Waals surface area contributed by atoms with E-state index in [1.165, 1.54) is 0 Å². The van der Waals surface area contributed by atoms with Crippen LogP contribution in [-0.2, 0) is 19.1 Å². The minimum absolute atomic E-state index is 0.00980. The van der Waals surface area contributed by atoms with E-state index < -0.39 is 11.7 Å². The molecule has 9 heteroatoms. The van der Waals surface area contributed by atoms with Gasteiger partial charge in [0.25, 0.3) is 0 Å². The highest BCUT2D eigenvalue weighted by atomic mass is 19.4. The Bertz CT molecular complexity index is 998. The summed E-state index contributed by atoms with van der Waals surface area (Å²) in [5.74, 6) is 0. The largest absolute Gasteiger partial charge is 0.417 e. The fourth-order valence-electron chi connectivity index (χ4n) is 4.22. The number of nitrogens with zero attached hydrogens (tertiary/aromatic N) is 4. The van der Waals surface area contributed by atoms with E-state index >= 15 is 0 Å². The average Bonchev–Trinajstić information content (AvgIpc) is 3.11. The Morgan fingerprint density at radius 1 is 1.25 bits per heavy atom. The molecule has 3 aliphatic heterocycles. The van der Waals surface area contributed by atoms with Crippen molar-refractivity contribution in [2.75, 3.05) is 19.6 Å². The number of aromatic nitrogens is 1. The van der Waals surface area contributed by atoms with Gasteiger partial charge in [0.05, 0.1) is 11.3 Å². The molecule has 170 valence electrons. The van der Waals surface area contributed by atoms with E-state index in [9.17, 15) is 18.0 Å². The fraction of sp³-hybridized carbons (Fsp3) is 0.435. The first-order valence-corrected chi connectivity index (χ1v) is 10.7. The SMILES string of the molecule is C=C1C=CN=C(C(C)NC2CCN(C(=O)N3CCc4ncc(C(F)(F)F)cc4C3)C2)C=C1. The summed E-state index contributed by atoms with van der Waals surface area (Å²) in [5.41, 5.74) is 2.10. The van der Waals surface area contributed by atoms with Crippen molar-refractivity contribution >= 4 is 11.7 Å². The van der Waals surface area contributed by atoms with Gasteiger partial charge in [0.1, 0.15) is 0 Å². The van der Waals surface area contributed by atoms with E-state index in [-0.39, 0.29) is 24.7 Å². The third-order valence-corrected chi connectivity index (χ3v) is 6.01. The average molecular weight is 445 g/mol. The molecule has 4 heterocycles. The molecule has 0 saturated carbocycles. The maximum absolute atomic E-state index is 13.0. The molecule has 0 aliphatic carbocycles. The lowest BCUT2D eigenvalue weighted by Gasteiger charge is -2.32. The molecule has 4 rings (SSSR count). The predicted molar refractivity (Wildman–Crippen MR) is 116 cm³/mol. The van der Waals surface area contributed by atoms with Crippen molar-refractivity contribution in [3.8, 4) is 0 Å². The number of pyridine rings is 1. The van der Waals surface area contributed by atoms with Crippen LogP contribution >= 0.6 is 0 Å². The summed E-state index contributed by atoms with van der Waals surface area (Å²) in [6.45, 7) is 7.68. The molecular weight excluding hydrogens is 419 g/mol. The molecule has 0 spiro atoms.